The van der Waals surface area contributed by atoms with E-state index in [4.69, 9.17) is 14.1 Å². The van der Waals surface area contributed by atoms with Crippen molar-refractivity contribution in [2.45, 2.75) is 30.5 Å². The fourth-order valence-electron chi connectivity index (χ4n) is 4.30. The van der Waals surface area contributed by atoms with Crippen LogP contribution in [-0.4, -0.2) is 43.8 Å². The van der Waals surface area contributed by atoms with E-state index in [-0.39, 0.29) is 19.0 Å². The topological polar surface area (TPSA) is 93.0 Å². The molecule has 4 aromatic rings. The highest BCUT2D eigenvalue weighted by molar-refractivity contribution is 7.91. The minimum absolute atomic E-state index is 0.140. The highest BCUT2D eigenvalue weighted by Gasteiger charge is 2.37. The highest BCUT2D eigenvalue weighted by Crippen LogP contribution is 2.38. The minimum atomic E-state index is -3.63. The second-order valence-electron chi connectivity index (χ2n) is 8.40. The number of amides is 1. The van der Waals surface area contributed by atoms with Crippen LogP contribution >= 0.6 is 22.7 Å². The number of rotatable bonds is 7. The van der Waals surface area contributed by atoms with Gasteiger partial charge in [-0.3, -0.25) is 9.69 Å². The van der Waals surface area contributed by atoms with E-state index in [2.05, 4.69) is 0 Å². The van der Waals surface area contributed by atoms with Gasteiger partial charge < -0.3 is 9.15 Å². The Labute approximate surface area is 211 Å². The van der Waals surface area contributed by atoms with Gasteiger partial charge in [-0.15, -0.1) is 11.3 Å². The molecule has 0 saturated carbocycles. The van der Waals surface area contributed by atoms with Gasteiger partial charge in [-0.05, 0) is 55.0 Å². The number of thiophene rings is 1. The number of aromatic nitrogens is 1. The molecule has 4 heterocycles. The molecule has 3 aromatic heterocycles. The van der Waals surface area contributed by atoms with Crippen LogP contribution in [0.4, 0.5) is 5.13 Å². The van der Waals surface area contributed by atoms with Crippen LogP contribution < -0.4 is 9.64 Å². The predicted molar refractivity (Wildman–Crippen MR) is 137 cm³/mol. The van der Waals surface area contributed by atoms with Crippen molar-refractivity contribution in [1.82, 2.24) is 9.29 Å². The fourth-order valence-corrected chi connectivity index (χ4v) is 8.02. The number of hydrogen-bond donors (Lipinski definition) is 0. The van der Waals surface area contributed by atoms with Crippen LogP contribution in [0, 0.1) is 12.8 Å². The number of aryl methyl sites for hydroxylation is 1. The number of ether oxygens (including phenoxy) is 1. The Hall–Kier alpha value is -2.73. The number of hydrogen-bond acceptors (Lipinski definition) is 8. The van der Waals surface area contributed by atoms with Gasteiger partial charge in [0.25, 0.3) is 10.0 Å². The summed E-state index contributed by atoms with van der Waals surface area (Å²) in [5.74, 6) is 0.621. The molecule has 35 heavy (non-hydrogen) atoms. The van der Waals surface area contributed by atoms with E-state index in [0.717, 1.165) is 10.3 Å². The Morgan fingerprint density at radius 1 is 1.29 bits per heavy atom. The Bertz CT molecular complexity index is 1430. The second kappa shape index (κ2) is 9.73. The van der Waals surface area contributed by atoms with Crippen LogP contribution in [0.1, 0.15) is 24.2 Å². The van der Waals surface area contributed by atoms with Gasteiger partial charge in [0.1, 0.15) is 21.2 Å². The predicted octanol–water partition coefficient (Wildman–Crippen LogP) is 4.90. The van der Waals surface area contributed by atoms with E-state index in [9.17, 15) is 13.2 Å². The maximum Gasteiger partial charge on any atom is 0.252 e. The minimum Gasteiger partial charge on any atom is -0.494 e. The molecule has 184 valence electrons. The number of piperidine rings is 1. The monoisotopic (exact) mass is 531 g/mol. The molecule has 1 amide bonds. The SMILES string of the molecule is COc1ccc(C)c2sc(N(Cc3ccco3)C(=O)C3CCCN(S(=O)(=O)c4cccs4)C3)nc12. The molecule has 1 aromatic carbocycles. The average molecular weight is 532 g/mol. The Morgan fingerprint density at radius 2 is 2.14 bits per heavy atom. The molecular weight excluding hydrogens is 506 g/mol. The van der Waals surface area contributed by atoms with Crippen molar-refractivity contribution in [3.63, 3.8) is 0 Å². The third kappa shape index (κ3) is 4.61. The number of carbonyl (C=O) groups excluding carboxylic acids is 1. The van der Waals surface area contributed by atoms with E-state index < -0.39 is 15.9 Å². The van der Waals surface area contributed by atoms with Crippen LogP contribution in [0.3, 0.4) is 0 Å². The van der Waals surface area contributed by atoms with Crippen molar-refractivity contribution in [2.24, 2.45) is 5.92 Å². The van der Waals surface area contributed by atoms with Crippen LogP contribution in [0.25, 0.3) is 10.2 Å². The molecule has 11 heteroatoms. The molecular formula is C24H25N3O5S3. The third-order valence-electron chi connectivity index (χ3n) is 6.13. The van der Waals surface area contributed by atoms with E-state index in [1.807, 2.05) is 25.1 Å². The summed E-state index contributed by atoms with van der Waals surface area (Å²) in [4.78, 5) is 20.3. The van der Waals surface area contributed by atoms with Gasteiger partial charge in [-0.1, -0.05) is 23.5 Å². The molecule has 5 rings (SSSR count). The normalized spacial score (nSPS) is 17.0. The summed E-state index contributed by atoms with van der Waals surface area (Å²) in [5.41, 5.74) is 1.75. The summed E-state index contributed by atoms with van der Waals surface area (Å²) in [5, 5.41) is 2.28. The first kappa shape index (κ1) is 24.0. The zero-order valence-corrected chi connectivity index (χ0v) is 21.8. The zero-order valence-electron chi connectivity index (χ0n) is 19.3. The Morgan fingerprint density at radius 3 is 2.86 bits per heavy atom. The van der Waals surface area contributed by atoms with Crippen LogP contribution in [0.5, 0.6) is 5.75 Å². The molecule has 1 unspecified atom stereocenters. The van der Waals surface area contributed by atoms with Gasteiger partial charge >= 0.3 is 0 Å². The molecule has 1 aliphatic rings. The first-order valence-corrected chi connectivity index (χ1v) is 14.3. The lowest BCUT2D eigenvalue weighted by Gasteiger charge is -2.33. The maximum absolute atomic E-state index is 13.9. The first-order chi connectivity index (χ1) is 16.9. The van der Waals surface area contributed by atoms with Crippen LogP contribution in [0.2, 0.25) is 0 Å². The molecule has 1 atom stereocenters. The summed E-state index contributed by atoms with van der Waals surface area (Å²) in [6.45, 7) is 2.75. The second-order valence-corrected chi connectivity index (χ2v) is 12.5. The van der Waals surface area contributed by atoms with Gasteiger partial charge in [0.2, 0.25) is 5.91 Å². The molecule has 1 saturated heterocycles. The number of sulfonamides is 1. The summed E-state index contributed by atoms with van der Waals surface area (Å²) in [6, 6.07) is 10.8. The number of carbonyl (C=O) groups is 1. The van der Waals surface area contributed by atoms with E-state index in [0.29, 0.717) is 45.8 Å². The summed E-state index contributed by atoms with van der Waals surface area (Å²) in [7, 11) is -2.03. The van der Waals surface area contributed by atoms with Gasteiger partial charge in [0, 0.05) is 13.1 Å². The molecule has 8 nitrogen and oxygen atoms in total. The number of benzene rings is 1. The lowest BCUT2D eigenvalue weighted by molar-refractivity contribution is -0.123. The smallest absolute Gasteiger partial charge is 0.252 e. The zero-order chi connectivity index (χ0) is 24.6. The number of nitrogens with zero attached hydrogens (tertiary/aromatic N) is 3. The Balaban J connectivity index is 1.48. The van der Waals surface area contributed by atoms with Crippen molar-refractivity contribution < 1.29 is 22.4 Å². The fraction of sp³-hybridized carbons (Fsp3) is 0.333. The summed E-state index contributed by atoms with van der Waals surface area (Å²) < 4.78 is 39.9. The van der Waals surface area contributed by atoms with E-state index >= 15 is 0 Å². The first-order valence-electron chi connectivity index (χ1n) is 11.2. The molecule has 0 N–H and O–H groups in total. The average Bonchev–Trinajstić information content (AvgIpc) is 3.64. The molecule has 0 aliphatic carbocycles. The third-order valence-corrected chi connectivity index (χ3v) is 10.6. The van der Waals surface area contributed by atoms with Gasteiger partial charge in [-0.25, -0.2) is 13.4 Å². The number of methoxy groups -OCH3 is 1. The number of thiazole rings is 1. The largest absolute Gasteiger partial charge is 0.494 e. The number of fused-ring (bicyclic) bond motifs is 1. The molecule has 0 spiro atoms. The molecule has 1 aliphatic heterocycles. The molecule has 0 radical (unpaired) electrons. The number of anilines is 1. The summed E-state index contributed by atoms with van der Waals surface area (Å²) >= 11 is 2.61. The lowest BCUT2D eigenvalue weighted by atomic mass is 9.98. The van der Waals surface area contributed by atoms with Crippen molar-refractivity contribution in [3.05, 3.63) is 59.4 Å². The summed E-state index contributed by atoms with van der Waals surface area (Å²) in [6.07, 6.45) is 2.79. The lowest BCUT2D eigenvalue weighted by Crippen LogP contribution is -2.46. The van der Waals surface area contributed by atoms with Crippen molar-refractivity contribution in [1.29, 1.82) is 0 Å². The van der Waals surface area contributed by atoms with Gasteiger partial charge in [-0.2, -0.15) is 4.31 Å². The number of furan rings is 1. The van der Waals surface area contributed by atoms with Crippen LogP contribution in [0.15, 0.2) is 56.7 Å². The Kier molecular flexibility index (Phi) is 6.67. The van der Waals surface area contributed by atoms with Crippen molar-refractivity contribution >= 4 is 54.0 Å². The quantitative estimate of drug-likeness (QED) is 0.337. The molecule has 0 bridgehead atoms. The van der Waals surface area contributed by atoms with E-state index in [1.54, 1.807) is 41.9 Å². The van der Waals surface area contributed by atoms with Gasteiger partial charge in [0.15, 0.2) is 5.13 Å². The standard InChI is InChI=1S/C24H25N3O5S3/c1-16-9-10-19(31-2)21-22(16)34-24(25-21)27(15-18-7-4-12-32-18)23(28)17-6-3-11-26(14-17)35(29,30)20-8-5-13-33-20/h4-5,7-10,12-13,17H,3,6,11,14-15H2,1-2H3. The molecule has 1 fully saturated rings. The van der Waals surface area contributed by atoms with E-state index in [1.165, 1.54) is 27.0 Å². The van der Waals surface area contributed by atoms with Crippen molar-refractivity contribution in [3.8, 4) is 5.75 Å². The van der Waals surface area contributed by atoms with Crippen LogP contribution in [-0.2, 0) is 21.4 Å². The van der Waals surface area contributed by atoms with Gasteiger partial charge in [0.05, 0.1) is 30.5 Å². The highest BCUT2D eigenvalue weighted by atomic mass is 32.2. The maximum atomic E-state index is 13.9. The van der Waals surface area contributed by atoms with Crippen molar-refractivity contribution in [2.75, 3.05) is 25.1 Å².